The van der Waals surface area contributed by atoms with Crippen LogP contribution < -0.4 is 10.4 Å². The van der Waals surface area contributed by atoms with Crippen LogP contribution in [0.15, 0.2) is 24.3 Å². The maximum Gasteiger partial charge on any atom is 0.156 e. The van der Waals surface area contributed by atoms with E-state index in [0.717, 1.165) is 44.0 Å². The Hall–Kier alpha value is -0.506. The molecule has 122 valence electrons. The van der Waals surface area contributed by atoms with Crippen molar-refractivity contribution in [2.75, 3.05) is 28.4 Å². The first-order chi connectivity index (χ1) is 10.7. The fourth-order valence-corrected chi connectivity index (χ4v) is 4.18. The number of benzene rings is 1. The van der Waals surface area contributed by atoms with Gasteiger partial charge >= 0.3 is 0 Å². The van der Waals surface area contributed by atoms with Crippen molar-refractivity contribution in [3.05, 3.63) is 24.3 Å². The Labute approximate surface area is 139 Å². The zero-order valence-corrected chi connectivity index (χ0v) is 15.9. The average molecular weight is 339 g/mol. The molecule has 1 rings (SSSR count). The average Bonchev–Trinajstić information content (AvgIpc) is 2.57. The molecule has 0 N–H and O–H groups in total. The molecule has 6 heteroatoms. The lowest BCUT2D eigenvalue weighted by Crippen LogP contribution is -2.22. The van der Waals surface area contributed by atoms with Crippen LogP contribution >= 0.6 is 0 Å². The SMILES string of the molecule is COC(CC[Si]c1ccc([Si]CCC(OC)OC)cc1)OC. The first-order valence-electron chi connectivity index (χ1n) is 7.42. The van der Waals surface area contributed by atoms with Crippen molar-refractivity contribution in [1.82, 2.24) is 0 Å². The van der Waals surface area contributed by atoms with Crippen LogP contribution in [0.25, 0.3) is 0 Å². The fraction of sp³-hybridized carbons (Fsp3) is 0.625. The summed E-state index contributed by atoms with van der Waals surface area (Å²) in [6.45, 7) is 0. The van der Waals surface area contributed by atoms with Crippen molar-refractivity contribution in [2.45, 2.75) is 37.5 Å². The van der Waals surface area contributed by atoms with Crippen LogP contribution in [0.5, 0.6) is 0 Å². The maximum atomic E-state index is 5.20. The summed E-state index contributed by atoms with van der Waals surface area (Å²) in [5.74, 6) is 0. The van der Waals surface area contributed by atoms with Crippen molar-refractivity contribution in [3.63, 3.8) is 0 Å². The molecule has 0 spiro atoms. The first kappa shape index (κ1) is 19.5. The third kappa shape index (κ3) is 7.66. The van der Waals surface area contributed by atoms with Crippen LogP contribution in [0.2, 0.25) is 12.1 Å². The summed E-state index contributed by atoms with van der Waals surface area (Å²) in [4.78, 5) is 0. The minimum Gasteiger partial charge on any atom is -0.356 e. The lowest BCUT2D eigenvalue weighted by Gasteiger charge is -2.13. The van der Waals surface area contributed by atoms with Crippen molar-refractivity contribution < 1.29 is 18.9 Å². The molecule has 0 unspecified atom stereocenters. The largest absolute Gasteiger partial charge is 0.356 e. The molecule has 0 aliphatic heterocycles. The zero-order valence-electron chi connectivity index (χ0n) is 13.9. The second-order valence-corrected chi connectivity index (χ2v) is 7.67. The molecule has 4 radical (unpaired) electrons. The van der Waals surface area contributed by atoms with Gasteiger partial charge in [0.05, 0.1) is 19.0 Å². The molecule has 1 aromatic rings. The lowest BCUT2D eigenvalue weighted by atomic mass is 10.4. The van der Waals surface area contributed by atoms with E-state index in [1.807, 2.05) is 0 Å². The Bertz CT molecular complexity index is 341. The van der Waals surface area contributed by atoms with E-state index in [0.29, 0.717) is 0 Å². The van der Waals surface area contributed by atoms with E-state index in [4.69, 9.17) is 18.9 Å². The molecular formula is C16H26O4Si2. The Morgan fingerprint density at radius 2 is 1.00 bits per heavy atom. The minimum atomic E-state index is -0.0808. The van der Waals surface area contributed by atoms with E-state index in [2.05, 4.69) is 24.3 Å². The van der Waals surface area contributed by atoms with Crippen molar-refractivity contribution in [2.24, 2.45) is 0 Å². The molecule has 0 atom stereocenters. The summed E-state index contributed by atoms with van der Waals surface area (Å²) < 4.78 is 20.8. The normalized spacial score (nSPS) is 11.5. The highest BCUT2D eigenvalue weighted by Gasteiger charge is 2.07. The maximum absolute atomic E-state index is 5.20. The van der Waals surface area contributed by atoms with Gasteiger partial charge < -0.3 is 18.9 Å². The van der Waals surface area contributed by atoms with Gasteiger partial charge in [-0.3, -0.25) is 0 Å². The number of hydrogen-bond acceptors (Lipinski definition) is 4. The highest BCUT2D eigenvalue weighted by Crippen LogP contribution is 2.03. The molecular weight excluding hydrogens is 312 g/mol. The van der Waals surface area contributed by atoms with Crippen molar-refractivity contribution in [3.8, 4) is 0 Å². The molecule has 0 heterocycles. The Balaban J connectivity index is 2.27. The summed E-state index contributed by atoms with van der Waals surface area (Å²) in [7, 11) is 8.34. The van der Waals surface area contributed by atoms with Gasteiger partial charge in [-0.1, -0.05) is 46.7 Å². The summed E-state index contributed by atoms with van der Waals surface area (Å²) in [6, 6.07) is 11.1. The molecule has 0 saturated heterocycles. The summed E-state index contributed by atoms with van der Waals surface area (Å²) in [5, 5.41) is 2.79. The van der Waals surface area contributed by atoms with E-state index >= 15 is 0 Å². The highest BCUT2D eigenvalue weighted by atomic mass is 28.2. The zero-order chi connectivity index (χ0) is 16.2. The van der Waals surface area contributed by atoms with Gasteiger partial charge in [-0.15, -0.1) is 0 Å². The molecule has 0 aliphatic carbocycles. The Morgan fingerprint density at radius 1 is 0.682 bits per heavy atom. The molecule has 0 bridgehead atoms. The predicted octanol–water partition coefficient (Wildman–Crippen LogP) is 1.20. The van der Waals surface area contributed by atoms with Gasteiger partial charge in [0, 0.05) is 28.4 Å². The minimum absolute atomic E-state index is 0.0808. The Kier molecular flexibility index (Phi) is 10.6. The second kappa shape index (κ2) is 12.0. The Morgan fingerprint density at radius 3 is 1.27 bits per heavy atom. The van der Waals surface area contributed by atoms with E-state index < -0.39 is 0 Å². The van der Waals surface area contributed by atoms with E-state index in [1.165, 1.54) is 10.4 Å². The molecule has 0 aliphatic rings. The van der Waals surface area contributed by atoms with Gasteiger partial charge in [0.1, 0.15) is 0 Å². The standard InChI is InChI=1S/C16H26O4Si2/c1-17-15(18-2)9-11-21-13-5-7-14(8-6-13)22-12-10-16(19-3)20-4/h5-8,15-16H,9-12H2,1-4H3. The van der Waals surface area contributed by atoms with Crippen LogP contribution in [0.1, 0.15) is 12.8 Å². The summed E-state index contributed by atoms with van der Waals surface area (Å²) in [5.41, 5.74) is 0. The second-order valence-electron chi connectivity index (χ2n) is 4.81. The monoisotopic (exact) mass is 338 g/mol. The molecule has 22 heavy (non-hydrogen) atoms. The third-order valence-electron chi connectivity index (χ3n) is 3.35. The highest BCUT2D eigenvalue weighted by molar-refractivity contribution is 6.55. The molecule has 0 saturated carbocycles. The van der Waals surface area contributed by atoms with Crippen LogP contribution in [0.4, 0.5) is 0 Å². The van der Waals surface area contributed by atoms with Crippen molar-refractivity contribution in [1.29, 1.82) is 0 Å². The van der Waals surface area contributed by atoms with Gasteiger partial charge in [-0.2, -0.15) is 0 Å². The molecule has 1 aromatic carbocycles. The number of rotatable bonds is 12. The van der Waals surface area contributed by atoms with Gasteiger partial charge in [-0.05, 0) is 12.8 Å². The lowest BCUT2D eigenvalue weighted by molar-refractivity contribution is -0.103. The van der Waals surface area contributed by atoms with Gasteiger partial charge in [0.15, 0.2) is 12.6 Å². The number of hydrogen-bond donors (Lipinski definition) is 0. The molecule has 4 nitrogen and oxygen atoms in total. The molecule has 0 fully saturated rings. The van der Waals surface area contributed by atoms with Crippen LogP contribution in [0.3, 0.4) is 0 Å². The van der Waals surface area contributed by atoms with Gasteiger partial charge in [0.25, 0.3) is 0 Å². The smallest absolute Gasteiger partial charge is 0.156 e. The summed E-state index contributed by atoms with van der Waals surface area (Å²) >= 11 is 0. The third-order valence-corrected chi connectivity index (χ3v) is 5.92. The topological polar surface area (TPSA) is 36.9 Å². The van der Waals surface area contributed by atoms with E-state index in [1.54, 1.807) is 28.4 Å². The van der Waals surface area contributed by atoms with Crippen LogP contribution in [-0.2, 0) is 18.9 Å². The molecule has 0 aromatic heterocycles. The first-order valence-corrected chi connectivity index (χ1v) is 9.83. The number of ether oxygens (including phenoxy) is 4. The van der Waals surface area contributed by atoms with Gasteiger partial charge in [-0.25, -0.2) is 0 Å². The van der Waals surface area contributed by atoms with Crippen LogP contribution in [-0.4, -0.2) is 60.1 Å². The summed E-state index contributed by atoms with van der Waals surface area (Å²) in [6.07, 6.45) is 1.71. The quantitative estimate of drug-likeness (QED) is 0.424. The molecule has 0 amide bonds. The fourth-order valence-electron chi connectivity index (χ4n) is 2.04. The van der Waals surface area contributed by atoms with Crippen molar-refractivity contribution >= 4 is 29.4 Å². The van der Waals surface area contributed by atoms with Crippen LogP contribution in [0, 0.1) is 0 Å². The van der Waals surface area contributed by atoms with Gasteiger partial charge in [0.2, 0.25) is 0 Å². The predicted molar refractivity (Wildman–Crippen MR) is 91.7 cm³/mol. The van der Waals surface area contributed by atoms with E-state index in [-0.39, 0.29) is 12.6 Å². The number of methoxy groups -OCH3 is 4. The van der Waals surface area contributed by atoms with E-state index in [9.17, 15) is 0 Å².